The number of anilines is 1. The van der Waals surface area contributed by atoms with Gasteiger partial charge in [0.1, 0.15) is 6.04 Å². The molecule has 5 nitrogen and oxygen atoms in total. The highest BCUT2D eigenvalue weighted by molar-refractivity contribution is 5.97. The van der Waals surface area contributed by atoms with Crippen molar-refractivity contribution < 1.29 is 9.59 Å². The Morgan fingerprint density at radius 1 is 1.00 bits per heavy atom. The molecule has 2 atom stereocenters. The molecule has 0 spiro atoms. The number of carbonyl (C=O) groups is 2. The molecule has 1 fully saturated rings. The highest BCUT2D eigenvalue weighted by atomic mass is 16.2. The van der Waals surface area contributed by atoms with Crippen LogP contribution >= 0.6 is 0 Å². The Morgan fingerprint density at radius 2 is 1.69 bits per heavy atom. The van der Waals surface area contributed by atoms with Crippen molar-refractivity contribution >= 4 is 17.5 Å². The maximum Gasteiger partial charge on any atom is 0.251 e. The fraction of sp³-hybridized carbons (Fsp3) is 0.417. The number of rotatable bonds is 6. The van der Waals surface area contributed by atoms with Crippen LogP contribution in [-0.4, -0.2) is 48.9 Å². The van der Waals surface area contributed by atoms with Gasteiger partial charge in [-0.2, -0.15) is 0 Å². The molecule has 2 aromatic carbocycles. The molecule has 0 aliphatic carbocycles. The number of amides is 2. The monoisotopic (exact) mass is 393 g/mol. The van der Waals surface area contributed by atoms with Gasteiger partial charge < -0.3 is 15.1 Å². The van der Waals surface area contributed by atoms with Crippen LogP contribution in [0, 0.1) is 12.8 Å². The number of aryl methyl sites for hydroxylation is 1. The second kappa shape index (κ2) is 9.59. The molecule has 5 heteroatoms. The predicted octanol–water partition coefficient (Wildman–Crippen LogP) is 3.49. The first-order chi connectivity index (χ1) is 14.0. The maximum atomic E-state index is 13.3. The zero-order valence-electron chi connectivity index (χ0n) is 17.6. The number of hydrogen-bond acceptors (Lipinski definition) is 3. The summed E-state index contributed by atoms with van der Waals surface area (Å²) in [6.07, 6.45) is 0.828. The molecule has 2 unspecified atom stereocenters. The van der Waals surface area contributed by atoms with Crippen LogP contribution in [-0.2, 0) is 4.79 Å². The Bertz CT molecular complexity index is 829. The van der Waals surface area contributed by atoms with E-state index in [0.29, 0.717) is 18.7 Å². The molecule has 29 heavy (non-hydrogen) atoms. The lowest BCUT2D eigenvalue weighted by molar-refractivity contribution is -0.134. The maximum absolute atomic E-state index is 13.3. The van der Waals surface area contributed by atoms with Crippen LogP contribution in [0.1, 0.15) is 36.2 Å². The van der Waals surface area contributed by atoms with Crippen molar-refractivity contribution in [3.8, 4) is 0 Å². The van der Waals surface area contributed by atoms with E-state index in [1.54, 1.807) is 12.1 Å². The summed E-state index contributed by atoms with van der Waals surface area (Å²) < 4.78 is 0. The molecular formula is C24H31N3O2. The minimum absolute atomic E-state index is 0.0209. The third-order valence-electron chi connectivity index (χ3n) is 5.76. The second-order valence-electron chi connectivity index (χ2n) is 7.85. The predicted molar refractivity (Wildman–Crippen MR) is 117 cm³/mol. The lowest BCUT2D eigenvalue weighted by Gasteiger charge is -2.38. The van der Waals surface area contributed by atoms with E-state index < -0.39 is 6.04 Å². The Kier molecular flexibility index (Phi) is 6.91. The SMILES string of the molecule is CCC(C)C(NC(=O)c1ccccc1)C(=O)N1CCN(c2cccc(C)c2)CC1. The molecule has 1 N–H and O–H groups in total. The smallest absolute Gasteiger partial charge is 0.251 e. The van der Waals surface area contributed by atoms with Gasteiger partial charge in [-0.3, -0.25) is 9.59 Å². The first kappa shape index (κ1) is 20.9. The molecule has 0 saturated carbocycles. The fourth-order valence-electron chi connectivity index (χ4n) is 3.70. The minimum atomic E-state index is -0.502. The molecule has 0 aromatic heterocycles. The third kappa shape index (κ3) is 5.17. The molecule has 1 aliphatic heterocycles. The van der Waals surface area contributed by atoms with Crippen molar-refractivity contribution in [1.29, 1.82) is 0 Å². The molecule has 2 amide bonds. The van der Waals surface area contributed by atoms with Gasteiger partial charge in [-0.05, 0) is 42.7 Å². The third-order valence-corrected chi connectivity index (χ3v) is 5.76. The van der Waals surface area contributed by atoms with E-state index in [1.165, 1.54) is 11.3 Å². The fourth-order valence-corrected chi connectivity index (χ4v) is 3.70. The lowest BCUT2D eigenvalue weighted by Crippen LogP contribution is -2.56. The summed E-state index contributed by atoms with van der Waals surface area (Å²) in [7, 11) is 0. The van der Waals surface area contributed by atoms with Crippen LogP contribution < -0.4 is 10.2 Å². The van der Waals surface area contributed by atoms with Crippen LogP contribution in [0.15, 0.2) is 54.6 Å². The van der Waals surface area contributed by atoms with Gasteiger partial charge in [0, 0.05) is 37.4 Å². The summed E-state index contributed by atoms with van der Waals surface area (Å²) in [6, 6.07) is 17.0. The van der Waals surface area contributed by atoms with E-state index in [9.17, 15) is 9.59 Å². The Hall–Kier alpha value is -2.82. The van der Waals surface area contributed by atoms with E-state index >= 15 is 0 Å². The number of piperazine rings is 1. The van der Waals surface area contributed by atoms with Gasteiger partial charge >= 0.3 is 0 Å². The first-order valence-electron chi connectivity index (χ1n) is 10.5. The number of nitrogens with one attached hydrogen (secondary N) is 1. The molecule has 3 rings (SSSR count). The van der Waals surface area contributed by atoms with Crippen molar-refractivity contribution in [2.45, 2.75) is 33.2 Å². The van der Waals surface area contributed by atoms with Crippen LogP contribution in [0.3, 0.4) is 0 Å². The Labute approximate surface area is 173 Å². The number of hydrogen-bond donors (Lipinski definition) is 1. The van der Waals surface area contributed by atoms with Gasteiger partial charge in [-0.15, -0.1) is 0 Å². The molecule has 1 heterocycles. The standard InChI is InChI=1S/C24H31N3O2/c1-4-19(3)22(25-23(28)20-10-6-5-7-11-20)24(29)27-15-13-26(14-16-27)21-12-8-9-18(2)17-21/h5-12,17,19,22H,4,13-16H2,1-3H3,(H,25,28). The van der Waals surface area contributed by atoms with Crippen molar-refractivity contribution in [2.75, 3.05) is 31.1 Å². The Morgan fingerprint density at radius 3 is 2.31 bits per heavy atom. The van der Waals surface area contributed by atoms with Gasteiger partial charge in [-0.25, -0.2) is 0 Å². The molecule has 2 aromatic rings. The van der Waals surface area contributed by atoms with Gasteiger partial charge in [0.15, 0.2) is 0 Å². The van der Waals surface area contributed by atoms with Gasteiger partial charge in [0.2, 0.25) is 5.91 Å². The minimum Gasteiger partial charge on any atom is -0.368 e. The first-order valence-corrected chi connectivity index (χ1v) is 10.5. The van der Waals surface area contributed by atoms with E-state index in [0.717, 1.165) is 19.5 Å². The van der Waals surface area contributed by atoms with Gasteiger partial charge in [0.05, 0.1) is 0 Å². The van der Waals surface area contributed by atoms with Crippen molar-refractivity contribution in [1.82, 2.24) is 10.2 Å². The average Bonchev–Trinajstić information content (AvgIpc) is 2.77. The van der Waals surface area contributed by atoms with Crippen molar-refractivity contribution in [2.24, 2.45) is 5.92 Å². The summed E-state index contributed by atoms with van der Waals surface area (Å²) in [6.45, 7) is 9.10. The normalized spacial score (nSPS) is 16.2. The quantitative estimate of drug-likeness (QED) is 0.817. The van der Waals surface area contributed by atoms with E-state index in [2.05, 4.69) is 48.3 Å². The van der Waals surface area contributed by atoms with Gasteiger partial charge in [0.25, 0.3) is 5.91 Å². The van der Waals surface area contributed by atoms with Gasteiger partial charge in [-0.1, -0.05) is 50.6 Å². The van der Waals surface area contributed by atoms with Crippen LogP contribution in [0.4, 0.5) is 5.69 Å². The lowest BCUT2D eigenvalue weighted by atomic mass is 9.97. The number of nitrogens with zero attached hydrogens (tertiary/aromatic N) is 2. The summed E-state index contributed by atoms with van der Waals surface area (Å²) in [5, 5.41) is 2.99. The summed E-state index contributed by atoms with van der Waals surface area (Å²) in [5.74, 6) is -0.0971. The number of benzene rings is 2. The summed E-state index contributed by atoms with van der Waals surface area (Å²) in [5.41, 5.74) is 3.02. The summed E-state index contributed by atoms with van der Waals surface area (Å²) in [4.78, 5) is 30.1. The summed E-state index contributed by atoms with van der Waals surface area (Å²) >= 11 is 0. The zero-order valence-corrected chi connectivity index (χ0v) is 17.6. The van der Waals surface area contributed by atoms with Crippen molar-refractivity contribution in [3.05, 3.63) is 65.7 Å². The molecule has 154 valence electrons. The van der Waals surface area contributed by atoms with Crippen LogP contribution in [0.2, 0.25) is 0 Å². The molecular weight excluding hydrogens is 362 g/mol. The molecule has 1 aliphatic rings. The average molecular weight is 394 g/mol. The molecule has 0 radical (unpaired) electrons. The molecule has 1 saturated heterocycles. The number of carbonyl (C=O) groups excluding carboxylic acids is 2. The van der Waals surface area contributed by atoms with E-state index in [1.807, 2.05) is 30.0 Å². The largest absolute Gasteiger partial charge is 0.368 e. The highest BCUT2D eigenvalue weighted by Gasteiger charge is 2.32. The highest BCUT2D eigenvalue weighted by Crippen LogP contribution is 2.19. The molecule has 0 bridgehead atoms. The van der Waals surface area contributed by atoms with Crippen LogP contribution in [0.25, 0.3) is 0 Å². The van der Waals surface area contributed by atoms with E-state index in [4.69, 9.17) is 0 Å². The Balaban J connectivity index is 1.65. The topological polar surface area (TPSA) is 52.7 Å². The van der Waals surface area contributed by atoms with E-state index in [-0.39, 0.29) is 17.7 Å². The van der Waals surface area contributed by atoms with Crippen molar-refractivity contribution in [3.63, 3.8) is 0 Å². The second-order valence-corrected chi connectivity index (χ2v) is 7.85. The van der Waals surface area contributed by atoms with Crippen LogP contribution in [0.5, 0.6) is 0 Å². The zero-order chi connectivity index (χ0) is 20.8.